The van der Waals surface area contributed by atoms with Gasteiger partial charge < -0.3 is 5.11 Å². The van der Waals surface area contributed by atoms with Crippen molar-refractivity contribution in [1.29, 1.82) is 0 Å². The molecule has 1 aliphatic carbocycles. The Hall–Kier alpha value is -1.34. The van der Waals surface area contributed by atoms with Crippen molar-refractivity contribution in [1.82, 2.24) is 0 Å². The molecule has 1 aliphatic rings. The zero-order chi connectivity index (χ0) is 12.4. The van der Waals surface area contributed by atoms with Gasteiger partial charge in [-0.25, -0.2) is 0 Å². The Bertz CT molecular complexity index is 338. The second-order valence-corrected chi connectivity index (χ2v) is 3.50. The summed E-state index contributed by atoms with van der Waals surface area (Å²) in [6.45, 7) is 6.27. The first-order valence-electron chi connectivity index (χ1n) is 5.56. The monoisotopic (exact) mass is 218 g/mol. The van der Waals surface area contributed by atoms with E-state index in [0.717, 1.165) is 13.5 Å². The molecule has 0 aromatic rings. The van der Waals surface area contributed by atoms with Crippen LogP contribution in [0.3, 0.4) is 0 Å². The molecule has 0 fully saturated rings. The van der Waals surface area contributed by atoms with Crippen molar-refractivity contribution in [2.75, 3.05) is 7.11 Å². The zero-order valence-electron chi connectivity index (χ0n) is 10.7. The Morgan fingerprint density at radius 3 is 2.12 bits per heavy atom. The first-order chi connectivity index (χ1) is 7.77. The minimum Gasteiger partial charge on any atom is -0.400 e. The number of hydrogen-bond acceptors (Lipinski definition) is 1. The largest absolute Gasteiger partial charge is 0.400 e. The van der Waals surface area contributed by atoms with E-state index in [0.29, 0.717) is 0 Å². The number of aliphatic hydroxyl groups excluding tert-OH is 1. The third-order valence-corrected chi connectivity index (χ3v) is 2.22. The third kappa shape index (κ3) is 4.94. The standard InChI is InChI=1S/C14H18.CH4O/c1-4-6-13-10-8-12(3)9-11-14(13)7-5-2;1-2/h4-8,10-11H,9H2,1-3H3;2H,1H3/b6-4+,7-5-;. The van der Waals surface area contributed by atoms with Gasteiger partial charge in [0.15, 0.2) is 0 Å². The van der Waals surface area contributed by atoms with Crippen LogP contribution in [-0.4, -0.2) is 12.2 Å². The van der Waals surface area contributed by atoms with Gasteiger partial charge >= 0.3 is 0 Å². The lowest BCUT2D eigenvalue weighted by molar-refractivity contribution is 0.399. The highest BCUT2D eigenvalue weighted by molar-refractivity contribution is 5.50. The summed E-state index contributed by atoms with van der Waals surface area (Å²) in [4.78, 5) is 0. The lowest BCUT2D eigenvalue weighted by Crippen LogP contribution is -1.81. The minimum absolute atomic E-state index is 1.00. The molecule has 0 bridgehead atoms. The van der Waals surface area contributed by atoms with Crippen molar-refractivity contribution >= 4 is 0 Å². The topological polar surface area (TPSA) is 20.2 Å². The Balaban J connectivity index is 0.00000106. The Labute approximate surface area is 99.2 Å². The van der Waals surface area contributed by atoms with Gasteiger partial charge in [-0.15, -0.1) is 0 Å². The summed E-state index contributed by atoms with van der Waals surface area (Å²) in [5.74, 6) is 0. The zero-order valence-corrected chi connectivity index (χ0v) is 10.7. The second-order valence-electron chi connectivity index (χ2n) is 3.50. The van der Waals surface area contributed by atoms with Crippen LogP contribution in [0.25, 0.3) is 0 Å². The molecule has 1 heteroatoms. The van der Waals surface area contributed by atoms with Gasteiger partial charge in [0, 0.05) is 7.11 Å². The van der Waals surface area contributed by atoms with E-state index in [4.69, 9.17) is 5.11 Å². The summed E-state index contributed by atoms with van der Waals surface area (Å²) < 4.78 is 0. The van der Waals surface area contributed by atoms with E-state index in [1.807, 2.05) is 0 Å². The van der Waals surface area contributed by atoms with Crippen LogP contribution in [0, 0.1) is 0 Å². The fraction of sp³-hybridized carbons (Fsp3) is 0.333. The predicted octanol–water partition coefficient (Wildman–Crippen LogP) is 3.95. The molecule has 0 aromatic heterocycles. The van der Waals surface area contributed by atoms with Gasteiger partial charge in [0.25, 0.3) is 0 Å². The normalized spacial score (nSPS) is 16.2. The second kappa shape index (κ2) is 8.93. The number of hydrogen-bond donors (Lipinski definition) is 1. The van der Waals surface area contributed by atoms with Crippen molar-refractivity contribution in [2.24, 2.45) is 0 Å². The maximum atomic E-state index is 7.00. The molecule has 0 radical (unpaired) electrons. The Kier molecular flexibility index (Phi) is 8.18. The maximum Gasteiger partial charge on any atom is 0.0319 e. The molecular formula is C15H22O. The van der Waals surface area contributed by atoms with E-state index >= 15 is 0 Å². The summed E-state index contributed by atoms with van der Waals surface area (Å²) in [5.41, 5.74) is 4.02. The molecule has 0 heterocycles. The van der Waals surface area contributed by atoms with E-state index < -0.39 is 0 Å². The SMILES string of the molecule is C/C=C\C1=CCC(C)=CC=C1/C=C/C.CO. The summed E-state index contributed by atoms with van der Waals surface area (Å²) in [6, 6.07) is 0. The van der Waals surface area contributed by atoms with Crippen LogP contribution in [0.1, 0.15) is 27.2 Å². The first-order valence-corrected chi connectivity index (χ1v) is 5.56. The molecule has 0 saturated heterocycles. The van der Waals surface area contributed by atoms with Crippen LogP contribution in [0.15, 0.2) is 59.3 Å². The highest BCUT2D eigenvalue weighted by atomic mass is 16.2. The molecule has 16 heavy (non-hydrogen) atoms. The van der Waals surface area contributed by atoms with Crippen LogP contribution in [0.2, 0.25) is 0 Å². The molecular weight excluding hydrogens is 196 g/mol. The summed E-state index contributed by atoms with van der Waals surface area (Å²) in [7, 11) is 1.00. The number of rotatable bonds is 2. The van der Waals surface area contributed by atoms with Crippen LogP contribution >= 0.6 is 0 Å². The predicted molar refractivity (Wildman–Crippen MR) is 72.3 cm³/mol. The molecule has 0 amide bonds. The smallest absolute Gasteiger partial charge is 0.0319 e. The fourth-order valence-electron chi connectivity index (χ4n) is 1.46. The van der Waals surface area contributed by atoms with Crippen molar-refractivity contribution in [3.8, 4) is 0 Å². The molecule has 88 valence electrons. The molecule has 1 nitrogen and oxygen atoms in total. The first kappa shape index (κ1) is 14.7. The third-order valence-electron chi connectivity index (χ3n) is 2.22. The van der Waals surface area contributed by atoms with Crippen LogP contribution in [-0.2, 0) is 0 Å². The van der Waals surface area contributed by atoms with Gasteiger partial charge in [-0.2, -0.15) is 0 Å². The van der Waals surface area contributed by atoms with E-state index in [-0.39, 0.29) is 0 Å². The number of aliphatic hydroxyl groups is 1. The average Bonchev–Trinajstić information content (AvgIpc) is 2.48. The molecule has 0 spiro atoms. The summed E-state index contributed by atoms with van der Waals surface area (Å²) in [5, 5.41) is 7.00. The van der Waals surface area contributed by atoms with E-state index in [2.05, 4.69) is 63.3 Å². The summed E-state index contributed by atoms with van der Waals surface area (Å²) in [6.07, 6.45) is 16.2. The van der Waals surface area contributed by atoms with Gasteiger partial charge in [-0.05, 0) is 38.3 Å². The lowest BCUT2D eigenvalue weighted by Gasteiger charge is -2.00. The van der Waals surface area contributed by atoms with Gasteiger partial charge in [0.05, 0.1) is 0 Å². The van der Waals surface area contributed by atoms with E-state index in [1.165, 1.54) is 16.7 Å². The minimum atomic E-state index is 1.00. The van der Waals surface area contributed by atoms with Gasteiger partial charge in [-0.1, -0.05) is 48.1 Å². The van der Waals surface area contributed by atoms with Crippen LogP contribution in [0.4, 0.5) is 0 Å². The molecule has 1 N–H and O–H groups in total. The number of allylic oxidation sites excluding steroid dienone is 10. The highest BCUT2D eigenvalue weighted by Gasteiger charge is 2.00. The van der Waals surface area contributed by atoms with Gasteiger partial charge in [-0.3, -0.25) is 0 Å². The maximum absolute atomic E-state index is 7.00. The quantitative estimate of drug-likeness (QED) is 0.744. The van der Waals surface area contributed by atoms with Crippen molar-refractivity contribution < 1.29 is 5.11 Å². The van der Waals surface area contributed by atoms with Crippen LogP contribution < -0.4 is 0 Å². The van der Waals surface area contributed by atoms with E-state index in [9.17, 15) is 0 Å². The molecule has 0 aliphatic heterocycles. The van der Waals surface area contributed by atoms with Gasteiger partial charge in [0.1, 0.15) is 0 Å². The highest BCUT2D eigenvalue weighted by Crippen LogP contribution is 2.20. The van der Waals surface area contributed by atoms with E-state index in [1.54, 1.807) is 0 Å². The molecule has 0 unspecified atom stereocenters. The lowest BCUT2D eigenvalue weighted by atomic mass is 10.0. The van der Waals surface area contributed by atoms with Gasteiger partial charge in [0.2, 0.25) is 0 Å². The fourth-order valence-corrected chi connectivity index (χ4v) is 1.46. The summed E-state index contributed by atoms with van der Waals surface area (Å²) >= 11 is 0. The molecule has 0 aromatic carbocycles. The van der Waals surface area contributed by atoms with Crippen LogP contribution in [0.5, 0.6) is 0 Å². The molecule has 0 atom stereocenters. The molecule has 1 rings (SSSR count). The van der Waals surface area contributed by atoms with Crippen molar-refractivity contribution in [3.05, 3.63) is 59.3 Å². The molecule has 0 saturated carbocycles. The van der Waals surface area contributed by atoms with Crippen molar-refractivity contribution in [2.45, 2.75) is 27.2 Å². The van der Waals surface area contributed by atoms with Crippen molar-refractivity contribution in [3.63, 3.8) is 0 Å². The Morgan fingerprint density at radius 2 is 1.56 bits per heavy atom. The average molecular weight is 218 g/mol. The Morgan fingerprint density at radius 1 is 1.00 bits per heavy atom.